The molecule has 0 aliphatic rings. The standard InChI is InChI=1S/C17H17N3O2/c1-12-8-9-13(10-15(12)21-2)11-18-17-19-16(22-20-17)14-6-4-3-5-7-14/h3-10H,11H2,1-2H3,(H,18,20). The van der Waals surface area contributed by atoms with Crippen molar-refractivity contribution < 1.29 is 9.26 Å². The van der Waals surface area contributed by atoms with E-state index in [1.54, 1.807) is 7.11 Å². The number of aromatic nitrogens is 2. The predicted molar refractivity (Wildman–Crippen MR) is 84.8 cm³/mol. The monoisotopic (exact) mass is 295 g/mol. The fourth-order valence-electron chi connectivity index (χ4n) is 2.15. The lowest BCUT2D eigenvalue weighted by Crippen LogP contribution is -2.01. The molecule has 3 aromatic rings. The molecular weight excluding hydrogens is 278 g/mol. The number of nitrogens with zero attached hydrogens (tertiary/aromatic N) is 2. The van der Waals surface area contributed by atoms with Crippen LogP contribution in [0.3, 0.4) is 0 Å². The van der Waals surface area contributed by atoms with Crippen LogP contribution in [-0.2, 0) is 6.54 Å². The quantitative estimate of drug-likeness (QED) is 0.778. The van der Waals surface area contributed by atoms with Gasteiger partial charge >= 0.3 is 0 Å². The first-order valence-electron chi connectivity index (χ1n) is 7.03. The molecule has 0 saturated heterocycles. The van der Waals surface area contributed by atoms with Crippen LogP contribution in [0.1, 0.15) is 11.1 Å². The van der Waals surface area contributed by atoms with Crippen molar-refractivity contribution >= 4 is 5.95 Å². The van der Waals surface area contributed by atoms with Crippen LogP contribution in [0.2, 0.25) is 0 Å². The lowest BCUT2D eigenvalue weighted by atomic mass is 10.1. The molecular formula is C17H17N3O2. The maximum absolute atomic E-state index is 5.32. The Labute approximate surface area is 128 Å². The molecule has 1 aromatic heterocycles. The zero-order valence-corrected chi connectivity index (χ0v) is 12.5. The van der Waals surface area contributed by atoms with Gasteiger partial charge in [0.05, 0.1) is 7.11 Å². The molecule has 0 atom stereocenters. The summed E-state index contributed by atoms with van der Waals surface area (Å²) < 4.78 is 10.6. The largest absolute Gasteiger partial charge is 0.496 e. The number of hydrogen-bond acceptors (Lipinski definition) is 5. The number of aryl methyl sites for hydroxylation is 1. The first kappa shape index (κ1) is 14.1. The summed E-state index contributed by atoms with van der Waals surface area (Å²) in [7, 11) is 1.67. The van der Waals surface area contributed by atoms with E-state index < -0.39 is 0 Å². The number of anilines is 1. The minimum Gasteiger partial charge on any atom is -0.496 e. The van der Waals surface area contributed by atoms with Gasteiger partial charge in [-0.05, 0) is 41.4 Å². The van der Waals surface area contributed by atoms with Gasteiger partial charge < -0.3 is 14.6 Å². The van der Waals surface area contributed by atoms with Crippen molar-refractivity contribution in [2.75, 3.05) is 12.4 Å². The Morgan fingerprint density at radius 2 is 1.95 bits per heavy atom. The SMILES string of the molecule is COc1cc(CNc2noc(-c3ccccc3)n2)ccc1C. The van der Waals surface area contributed by atoms with Crippen molar-refractivity contribution in [3.8, 4) is 17.2 Å². The van der Waals surface area contributed by atoms with Crippen LogP contribution in [0.15, 0.2) is 53.1 Å². The second kappa shape index (κ2) is 6.30. The lowest BCUT2D eigenvalue weighted by Gasteiger charge is -2.07. The van der Waals surface area contributed by atoms with Gasteiger partial charge in [0.1, 0.15) is 5.75 Å². The van der Waals surface area contributed by atoms with E-state index >= 15 is 0 Å². The van der Waals surface area contributed by atoms with E-state index in [4.69, 9.17) is 9.26 Å². The molecule has 5 nitrogen and oxygen atoms in total. The third-order valence-electron chi connectivity index (χ3n) is 3.37. The van der Waals surface area contributed by atoms with Crippen LogP contribution in [0, 0.1) is 6.92 Å². The lowest BCUT2D eigenvalue weighted by molar-refractivity contribution is 0.411. The summed E-state index contributed by atoms with van der Waals surface area (Å²) in [6.45, 7) is 2.62. The number of ether oxygens (including phenoxy) is 1. The molecule has 0 unspecified atom stereocenters. The van der Waals surface area contributed by atoms with E-state index in [0.717, 1.165) is 22.4 Å². The molecule has 1 N–H and O–H groups in total. The Morgan fingerprint density at radius 1 is 1.14 bits per heavy atom. The maximum atomic E-state index is 5.32. The Morgan fingerprint density at radius 3 is 2.73 bits per heavy atom. The van der Waals surface area contributed by atoms with Crippen molar-refractivity contribution in [1.29, 1.82) is 0 Å². The molecule has 0 saturated carbocycles. The topological polar surface area (TPSA) is 60.2 Å². The molecule has 3 rings (SSSR count). The van der Waals surface area contributed by atoms with Crippen molar-refractivity contribution in [1.82, 2.24) is 10.1 Å². The molecule has 0 bridgehead atoms. The van der Waals surface area contributed by atoms with E-state index in [9.17, 15) is 0 Å². The maximum Gasteiger partial charge on any atom is 0.264 e. The van der Waals surface area contributed by atoms with Crippen LogP contribution >= 0.6 is 0 Å². The van der Waals surface area contributed by atoms with Gasteiger partial charge in [0.25, 0.3) is 11.8 Å². The van der Waals surface area contributed by atoms with Crippen LogP contribution in [-0.4, -0.2) is 17.3 Å². The fraction of sp³-hybridized carbons (Fsp3) is 0.176. The average Bonchev–Trinajstić information content (AvgIpc) is 3.04. The molecule has 0 fully saturated rings. The second-order valence-corrected chi connectivity index (χ2v) is 4.95. The van der Waals surface area contributed by atoms with Crippen LogP contribution < -0.4 is 10.1 Å². The Bertz CT molecular complexity index is 754. The smallest absolute Gasteiger partial charge is 0.264 e. The van der Waals surface area contributed by atoms with Gasteiger partial charge in [0, 0.05) is 12.1 Å². The first-order chi connectivity index (χ1) is 10.8. The number of nitrogens with one attached hydrogen (secondary N) is 1. The fourth-order valence-corrected chi connectivity index (χ4v) is 2.15. The summed E-state index contributed by atoms with van der Waals surface area (Å²) in [6.07, 6.45) is 0. The summed E-state index contributed by atoms with van der Waals surface area (Å²) in [5.41, 5.74) is 3.10. The van der Waals surface area contributed by atoms with E-state index in [-0.39, 0.29) is 0 Å². The molecule has 0 spiro atoms. The molecule has 0 aliphatic heterocycles. The number of rotatable bonds is 5. The summed E-state index contributed by atoms with van der Waals surface area (Å²) in [4.78, 5) is 4.34. The zero-order valence-electron chi connectivity index (χ0n) is 12.5. The van der Waals surface area contributed by atoms with Gasteiger partial charge in [-0.15, -0.1) is 0 Å². The van der Waals surface area contributed by atoms with Crippen molar-refractivity contribution in [2.45, 2.75) is 13.5 Å². The highest BCUT2D eigenvalue weighted by molar-refractivity contribution is 5.53. The average molecular weight is 295 g/mol. The molecule has 22 heavy (non-hydrogen) atoms. The number of benzene rings is 2. The Kier molecular flexibility index (Phi) is 4.05. The van der Waals surface area contributed by atoms with E-state index in [1.165, 1.54) is 0 Å². The van der Waals surface area contributed by atoms with Crippen molar-refractivity contribution in [3.05, 3.63) is 59.7 Å². The highest BCUT2D eigenvalue weighted by Crippen LogP contribution is 2.21. The second-order valence-electron chi connectivity index (χ2n) is 4.95. The summed E-state index contributed by atoms with van der Waals surface area (Å²) in [5.74, 6) is 1.85. The van der Waals surface area contributed by atoms with Gasteiger partial charge in [-0.25, -0.2) is 0 Å². The zero-order chi connectivity index (χ0) is 15.4. The van der Waals surface area contributed by atoms with Gasteiger partial charge in [-0.3, -0.25) is 0 Å². The summed E-state index contributed by atoms with van der Waals surface area (Å²) in [6, 6.07) is 15.8. The summed E-state index contributed by atoms with van der Waals surface area (Å²) >= 11 is 0. The molecule has 2 aromatic carbocycles. The molecule has 0 aliphatic carbocycles. The normalized spacial score (nSPS) is 10.5. The minimum atomic E-state index is 0.471. The molecule has 1 heterocycles. The van der Waals surface area contributed by atoms with Crippen molar-refractivity contribution in [3.63, 3.8) is 0 Å². The minimum absolute atomic E-state index is 0.471. The Balaban J connectivity index is 1.69. The van der Waals surface area contributed by atoms with Gasteiger partial charge in [-0.2, -0.15) is 4.98 Å². The molecule has 5 heteroatoms. The Hall–Kier alpha value is -2.82. The third-order valence-corrected chi connectivity index (χ3v) is 3.37. The van der Waals surface area contributed by atoms with Gasteiger partial charge in [0.2, 0.25) is 0 Å². The van der Waals surface area contributed by atoms with Crippen LogP contribution in [0.25, 0.3) is 11.5 Å². The van der Waals surface area contributed by atoms with Crippen LogP contribution in [0.5, 0.6) is 5.75 Å². The summed E-state index contributed by atoms with van der Waals surface area (Å²) in [5, 5.41) is 7.09. The van der Waals surface area contributed by atoms with Crippen molar-refractivity contribution in [2.24, 2.45) is 0 Å². The van der Waals surface area contributed by atoms with E-state index in [1.807, 2.05) is 55.5 Å². The van der Waals surface area contributed by atoms with E-state index in [2.05, 4.69) is 15.5 Å². The van der Waals surface area contributed by atoms with Crippen LogP contribution in [0.4, 0.5) is 5.95 Å². The highest BCUT2D eigenvalue weighted by atomic mass is 16.5. The first-order valence-corrected chi connectivity index (χ1v) is 7.03. The third kappa shape index (κ3) is 3.09. The predicted octanol–water partition coefficient (Wildman–Crippen LogP) is 3.67. The van der Waals surface area contributed by atoms with E-state index in [0.29, 0.717) is 18.4 Å². The molecule has 0 radical (unpaired) electrons. The molecule has 0 amide bonds. The number of methoxy groups -OCH3 is 1. The highest BCUT2D eigenvalue weighted by Gasteiger charge is 2.08. The van der Waals surface area contributed by atoms with Gasteiger partial charge in [0.15, 0.2) is 0 Å². The van der Waals surface area contributed by atoms with Gasteiger partial charge in [-0.1, -0.05) is 30.3 Å². The molecule has 112 valence electrons. The number of hydrogen-bond donors (Lipinski definition) is 1.